The zero-order valence-electron chi connectivity index (χ0n) is 17.3. The molecule has 7 nitrogen and oxygen atoms in total. The number of benzene rings is 2. The van der Waals surface area contributed by atoms with E-state index in [1.54, 1.807) is 6.92 Å². The number of carbonyl (C=O) groups excluding carboxylic acids is 2. The third-order valence-corrected chi connectivity index (χ3v) is 5.44. The monoisotopic (exact) mass is 404 g/mol. The van der Waals surface area contributed by atoms with Gasteiger partial charge >= 0.3 is 6.03 Å². The number of nitrogens with zero attached hydrogens (tertiary/aromatic N) is 3. The van der Waals surface area contributed by atoms with Crippen molar-refractivity contribution in [3.8, 4) is 0 Å². The highest BCUT2D eigenvalue weighted by atomic mass is 16.5. The van der Waals surface area contributed by atoms with Gasteiger partial charge in [-0.2, -0.15) is 4.98 Å². The Kier molecular flexibility index (Phi) is 5.11. The van der Waals surface area contributed by atoms with Crippen LogP contribution in [-0.4, -0.2) is 27.0 Å². The number of hydrogen-bond donors (Lipinski definition) is 1. The van der Waals surface area contributed by atoms with E-state index in [0.29, 0.717) is 18.2 Å². The summed E-state index contributed by atoms with van der Waals surface area (Å²) in [6, 6.07) is 17.1. The zero-order valence-corrected chi connectivity index (χ0v) is 17.3. The van der Waals surface area contributed by atoms with Crippen molar-refractivity contribution in [2.45, 2.75) is 45.2 Å². The maximum atomic E-state index is 13.1. The maximum Gasteiger partial charge on any atom is 0.325 e. The summed E-state index contributed by atoms with van der Waals surface area (Å²) < 4.78 is 5.28. The summed E-state index contributed by atoms with van der Waals surface area (Å²) in [5, 5.41) is 6.78. The first-order chi connectivity index (χ1) is 14.4. The lowest BCUT2D eigenvalue weighted by molar-refractivity contribution is -0.131. The van der Waals surface area contributed by atoms with E-state index in [-0.39, 0.29) is 18.3 Å². The van der Waals surface area contributed by atoms with Gasteiger partial charge in [0.2, 0.25) is 5.89 Å². The van der Waals surface area contributed by atoms with Crippen LogP contribution in [0.5, 0.6) is 0 Å². The van der Waals surface area contributed by atoms with Gasteiger partial charge in [-0.25, -0.2) is 4.79 Å². The van der Waals surface area contributed by atoms with Gasteiger partial charge in [0.05, 0.1) is 0 Å². The fraction of sp³-hybridized carbons (Fsp3) is 0.304. The lowest BCUT2D eigenvalue weighted by Gasteiger charge is -2.22. The van der Waals surface area contributed by atoms with Gasteiger partial charge in [-0.05, 0) is 29.5 Å². The van der Waals surface area contributed by atoms with Crippen molar-refractivity contribution in [3.63, 3.8) is 0 Å². The lowest BCUT2D eigenvalue weighted by atomic mass is 9.90. The second-order valence-electron chi connectivity index (χ2n) is 7.99. The first-order valence-electron chi connectivity index (χ1n) is 9.97. The Balaban J connectivity index is 1.49. The molecule has 3 amide bonds. The molecule has 1 fully saturated rings. The van der Waals surface area contributed by atoms with Gasteiger partial charge in [-0.3, -0.25) is 9.69 Å². The van der Waals surface area contributed by atoms with Gasteiger partial charge in [0.15, 0.2) is 5.82 Å². The Morgan fingerprint density at radius 2 is 1.77 bits per heavy atom. The Bertz CT molecular complexity index is 1060. The molecule has 1 unspecified atom stereocenters. The molecular formula is C23H24N4O3. The number of amides is 3. The van der Waals surface area contributed by atoms with Crippen molar-refractivity contribution in [2.24, 2.45) is 0 Å². The molecule has 7 heteroatoms. The molecule has 0 radical (unpaired) electrons. The van der Waals surface area contributed by atoms with Gasteiger partial charge in [0, 0.05) is 6.42 Å². The fourth-order valence-electron chi connectivity index (χ4n) is 3.58. The second kappa shape index (κ2) is 7.74. The molecule has 1 aromatic heterocycles. The van der Waals surface area contributed by atoms with Crippen LogP contribution in [0, 0.1) is 0 Å². The third-order valence-electron chi connectivity index (χ3n) is 5.44. The van der Waals surface area contributed by atoms with Crippen LogP contribution in [0.2, 0.25) is 0 Å². The molecule has 1 atom stereocenters. The average molecular weight is 404 g/mol. The van der Waals surface area contributed by atoms with E-state index in [9.17, 15) is 9.59 Å². The number of aromatic nitrogens is 2. The fourth-order valence-corrected chi connectivity index (χ4v) is 3.58. The summed E-state index contributed by atoms with van der Waals surface area (Å²) >= 11 is 0. The predicted octanol–water partition coefficient (Wildman–Crippen LogP) is 3.75. The minimum atomic E-state index is -1.13. The molecule has 30 heavy (non-hydrogen) atoms. The summed E-state index contributed by atoms with van der Waals surface area (Å²) in [6.45, 7) is 5.87. The molecular weight excluding hydrogens is 380 g/mol. The molecule has 1 aliphatic heterocycles. The summed E-state index contributed by atoms with van der Waals surface area (Å²) in [5.41, 5.74) is 1.84. The highest BCUT2D eigenvalue weighted by Crippen LogP contribution is 2.30. The standard InChI is InChI=1S/C23H24N4O3/c1-15(2)17-9-11-18(12-10-17)23(3)21(28)27(22(29)25-23)14-20-24-19(26-30-20)13-16-7-5-4-6-8-16/h4-12,15H,13-14H2,1-3H3,(H,25,29). The molecule has 1 aliphatic rings. The Morgan fingerprint density at radius 1 is 1.07 bits per heavy atom. The maximum absolute atomic E-state index is 13.1. The molecule has 3 aromatic rings. The first kappa shape index (κ1) is 19.8. The van der Waals surface area contributed by atoms with Crippen molar-refractivity contribution >= 4 is 11.9 Å². The molecule has 154 valence electrons. The first-order valence-corrected chi connectivity index (χ1v) is 9.97. The van der Waals surface area contributed by atoms with Gasteiger partial charge < -0.3 is 9.84 Å². The van der Waals surface area contributed by atoms with Crippen LogP contribution < -0.4 is 5.32 Å². The largest absolute Gasteiger partial charge is 0.337 e. The summed E-state index contributed by atoms with van der Waals surface area (Å²) in [5.74, 6) is 0.784. The van der Waals surface area contributed by atoms with Crippen molar-refractivity contribution in [2.75, 3.05) is 0 Å². The topological polar surface area (TPSA) is 88.3 Å². The van der Waals surface area contributed by atoms with E-state index in [4.69, 9.17) is 4.52 Å². The average Bonchev–Trinajstić information content (AvgIpc) is 3.27. The van der Waals surface area contributed by atoms with E-state index < -0.39 is 11.6 Å². The predicted molar refractivity (Wildman–Crippen MR) is 111 cm³/mol. The van der Waals surface area contributed by atoms with Crippen LogP contribution in [0.1, 0.15) is 55.1 Å². The van der Waals surface area contributed by atoms with Gasteiger partial charge in [-0.1, -0.05) is 73.6 Å². The molecule has 0 bridgehead atoms. The van der Waals surface area contributed by atoms with Crippen molar-refractivity contribution in [1.29, 1.82) is 0 Å². The Labute approximate surface area is 175 Å². The van der Waals surface area contributed by atoms with Crippen LogP contribution in [0.15, 0.2) is 59.1 Å². The Morgan fingerprint density at radius 3 is 2.43 bits per heavy atom. The zero-order chi connectivity index (χ0) is 21.3. The molecule has 0 saturated carbocycles. The van der Waals surface area contributed by atoms with Crippen LogP contribution in [0.4, 0.5) is 4.79 Å². The summed E-state index contributed by atoms with van der Waals surface area (Å²) in [7, 11) is 0. The molecule has 2 heterocycles. The molecule has 2 aromatic carbocycles. The number of nitrogens with one attached hydrogen (secondary N) is 1. The van der Waals surface area contributed by atoms with Gasteiger partial charge in [-0.15, -0.1) is 0 Å². The van der Waals surface area contributed by atoms with Crippen molar-refractivity contribution in [1.82, 2.24) is 20.4 Å². The number of urea groups is 1. The third kappa shape index (κ3) is 3.70. The number of rotatable bonds is 6. The molecule has 4 rings (SSSR count). The van der Waals surface area contributed by atoms with E-state index in [1.807, 2.05) is 54.6 Å². The van der Waals surface area contributed by atoms with E-state index in [2.05, 4.69) is 29.3 Å². The number of imide groups is 1. The smallest absolute Gasteiger partial charge is 0.325 e. The molecule has 0 spiro atoms. The van der Waals surface area contributed by atoms with Crippen LogP contribution >= 0.6 is 0 Å². The van der Waals surface area contributed by atoms with Crippen LogP contribution in [0.3, 0.4) is 0 Å². The normalized spacial score (nSPS) is 18.9. The van der Waals surface area contributed by atoms with Crippen LogP contribution in [0.25, 0.3) is 0 Å². The quantitative estimate of drug-likeness (QED) is 0.632. The SMILES string of the molecule is CC(C)c1ccc(C2(C)NC(=O)N(Cc3nc(Cc4ccccc4)no3)C2=O)cc1. The van der Waals surface area contributed by atoms with Crippen molar-refractivity contribution < 1.29 is 14.1 Å². The summed E-state index contributed by atoms with van der Waals surface area (Å²) in [4.78, 5) is 31.1. The summed E-state index contributed by atoms with van der Waals surface area (Å²) in [6.07, 6.45) is 0.518. The molecule has 1 saturated heterocycles. The van der Waals surface area contributed by atoms with Gasteiger partial charge in [0.1, 0.15) is 12.1 Å². The minimum Gasteiger partial charge on any atom is -0.337 e. The highest BCUT2D eigenvalue weighted by Gasteiger charge is 2.49. The lowest BCUT2D eigenvalue weighted by Crippen LogP contribution is -2.40. The van der Waals surface area contributed by atoms with Crippen LogP contribution in [-0.2, 0) is 23.3 Å². The number of hydrogen-bond acceptors (Lipinski definition) is 5. The van der Waals surface area contributed by atoms with Gasteiger partial charge in [0.25, 0.3) is 5.91 Å². The second-order valence-corrected chi connectivity index (χ2v) is 7.99. The Hall–Kier alpha value is -3.48. The van der Waals surface area contributed by atoms with E-state index >= 15 is 0 Å². The van der Waals surface area contributed by atoms with E-state index in [1.165, 1.54) is 5.56 Å². The minimum absolute atomic E-state index is 0.0634. The highest BCUT2D eigenvalue weighted by molar-refractivity contribution is 6.07. The van der Waals surface area contributed by atoms with Crippen molar-refractivity contribution in [3.05, 3.63) is 83.0 Å². The van der Waals surface area contributed by atoms with E-state index in [0.717, 1.165) is 16.0 Å². The number of carbonyl (C=O) groups is 2. The molecule has 0 aliphatic carbocycles. The molecule has 1 N–H and O–H groups in total.